The predicted octanol–water partition coefficient (Wildman–Crippen LogP) is 0.342. The summed E-state index contributed by atoms with van der Waals surface area (Å²) in [5.41, 5.74) is 1.34. The number of esters is 1. The molecule has 0 amide bonds. The van der Waals surface area contributed by atoms with Crippen LogP contribution in [0.2, 0.25) is 0 Å². The maximum absolute atomic E-state index is 12.2. The number of benzene rings is 2. The highest BCUT2D eigenvalue weighted by Crippen LogP contribution is 2.34. The van der Waals surface area contributed by atoms with E-state index in [2.05, 4.69) is 0 Å². The lowest BCUT2D eigenvalue weighted by Crippen LogP contribution is -2.90. The third-order valence-corrected chi connectivity index (χ3v) is 5.23. The Hall–Kier alpha value is -2.51. The van der Waals surface area contributed by atoms with Crippen molar-refractivity contribution in [2.24, 2.45) is 0 Å². The third kappa shape index (κ3) is 3.94. The van der Waals surface area contributed by atoms with E-state index in [1.807, 2.05) is 12.1 Å². The number of carboxylic acids is 1. The topological polar surface area (TPSA) is 92.3 Å². The minimum Gasteiger partial charge on any atom is -0.544 e. The fourth-order valence-corrected chi connectivity index (χ4v) is 3.86. The number of thioether (sulfide) groups is 1. The summed E-state index contributed by atoms with van der Waals surface area (Å²) in [7, 11) is 1.49. The van der Waals surface area contributed by atoms with E-state index in [4.69, 9.17) is 9.47 Å². The highest BCUT2D eigenvalue weighted by atomic mass is 32.2. The Kier molecular flexibility index (Phi) is 5.25. The van der Waals surface area contributed by atoms with Crippen molar-refractivity contribution in [3.05, 3.63) is 59.7 Å². The standard InChI is InChI=1S/C18H17NO5S/c1-23-15-9-12(16-19-13(10-25-16)17(20)21)7-8-14(15)24-18(22)11-5-3-2-4-6-11/h2-9,13,16,19H,10H2,1H3,(H,20,21)/t13-,16-/m0/s1. The van der Waals surface area contributed by atoms with Crippen molar-refractivity contribution in [2.75, 3.05) is 12.9 Å². The number of ether oxygens (including phenoxy) is 2. The molecule has 130 valence electrons. The first kappa shape index (κ1) is 17.3. The van der Waals surface area contributed by atoms with Gasteiger partial charge in [0.05, 0.1) is 18.4 Å². The van der Waals surface area contributed by atoms with E-state index in [1.54, 1.807) is 41.7 Å². The molecule has 6 nitrogen and oxygen atoms in total. The number of carbonyl (C=O) groups is 2. The van der Waals surface area contributed by atoms with Gasteiger partial charge in [0.25, 0.3) is 0 Å². The maximum atomic E-state index is 12.2. The molecule has 2 aromatic carbocycles. The first-order valence-corrected chi connectivity index (χ1v) is 8.76. The zero-order valence-corrected chi connectivity index (χ0v) is 14.3. The van der Waals surface area contributed by atoms with Crippen LogP contribution in [0.3, 0.4) is 0 Å². The summed E-state index contributed by atoms with van der Waals surface area (Å²) in [6.07, 6.45) is 0. The summed E-state index contributed by atoms with van der Waals surface area (Å²) in [5.74, 6) is -0.298. The molecule has 25 heavy (non-hydrogen) atoms. The van der Waals surface area contributed by atoms with E-state index in [-0.39, 0.29) is 5.37 Å². The Balaban J connectivity index is 1.76. The first-order valence-electron chi connectivity index (χ1n) is 7.71. The monoisotopic (exact) mass is 359 g/mol. The van der Waals surface area contributed by atoms with Crippen LogP contribution in [0.4, 0.5) is 0 Å². The molecular weight excluding hydrogens is 342 g/mol. The van der Waals surface area contributed by atoms with Gasteiger partial charge in [-0.2, -0.15) is 0 Å². The molecule has 1 fully saturated rings. The molecular formula is C18H17NO5S. The molecule has 0 unspecified atom stereocenters. The van der Waals surface area contributed by atoms with Gasteiger partial charge in [-0.05, 0) is 30.3 Å². The van der Waals surface area contributed by atoms with Crippen LogP contribution in [0.15, 0.2) is 48.5 Å². The molecule has 2 N–H and O–H groups in total. The van der Waals surface area contributed by atoms with Gasteiger partial charge in [-0.1, -0.05) is 30.0 Å². The molecule has 1 aliphatic rings. The lowest BCUT2D eigenvalue weighted by Gasteiger charge is -2.14. The Labute approximate surface area is 149 Å². The van der Waals surface area contributed by atoms with Gasteiger partial charge in [-0.3, -0.25) is 0 Å². The highest BCUT2D eigenvalue weighted by Gasteiger charge is 2.31. The third-order valence-electron chi connectivity index (χ3n) is 3.89. The van der Waals surface area contributed by atoms with E-state index in [0.717, 1.165) is 5.56 Å². The second-order valence-corrected chi connectivity index (χ2v) is 6.71. The quantitative estimate of drug-likeness (QED) is 0.611. The molecule has 2 aromatic rings. The van der Waals surface area contributed by atoms with E-state index in [1.165, 1.54) is 18.9 Å². The van der Waals surface area contributed by atoms with Crippen molar-refractivity contribution >= 4 is 23.7 Å². The number of carbonyl (C=O) groups excluding carboxylic acids is 2. The van der Waals surface area contributed by atoms with Gasteiger partial charge in [-0.25, -0.2) is 4.79 Å². The number of methoxy groups -OCH3 is 1. The Morgan fingerprint density at radius 1 is 1.16 bits per heavy atom. The van der Waals surface area contributed by atoms with Crippen LogP contribution in [0.25, 0.3) is 0 Å². The molecule has 0 bridgehead atoms. The summed E-state index contributed by atoms with van der Waals surface area (Å²) in [6, 6.07) is 13.4. The second kappa shape index (κ2) is 7.58. The van der Waals surface area contributed by atoms with Gasteiger partial charge in [0.1, 0.15) is 12.0 Å². The van der Waals surface area contributed by atoms with Crippen LogP contribution in [-0.4, -0.2) is 30.8 Å². The average molecular weight is 359 g/mol. The molecule has 0 spiro atoms. The van der Waals surface area contributed by atoms with Crippen molar-refractivity contribution in [1.82, 2.24) is 0 Å². The largest absolute Gasteiger partial charge is 0.544 e. The van der Waals surface area contributed by atoms with Gasteiger partial charge in [0.2, 0.25) is 0 Å². The van der Waals surface area contributed by atoms with Crippen molar-refractivity contribution in [2.45, 2.75) is 11.4 Å². The summed E-state index contributed by atoms with van der Waals surface area (Å²) < 4.78 is 10.7. The fourth-order valence-electron chi connectivity index (χ4n) is 2.56. The molecule has 2 atom stereocenters. The van der Waals surface area contributed by atoms with E-state index < -0.39 is 18.0 Å². The van der Waals surface area contributed by atoms with Crippen LogP contribution >= 0.6 is 11.8 Å². The van der Waals surface area contributed by atoms with E-state index in [0.29, 0.717) is 22.8 Å². The number of hydrogen-bond acceptors (Lipinski definition) is 6. The van der Waals surface area contributed by atoms with Gasteiger partial charge in [-0.15, -0.1) is 0 Å². The molecule has 0 saturated carbocycles. The van der Waals surface area contributed by atoms with Crippen LogP contribution in [-0.2, 0) is 4.79 Å². The molecule has 0 aromatic heterocycles. The zero-order chi connectivity index (χ0) is 17.8. The van der Waals surface area contributed by atoms with Crippen molar-refractivity contribution in [3.8, 4) is 11.5 Å². The lowest BCUT2D eigenvalue weighted by atomic mass is 10.2. The van der Waals surface area contributed by atoms with Gasteiger partial charge in [0, 0.05) is 5.56 Å². The average Bonchev–Trinajstić information content (AvgIpc) is 3.13. The molecule has 0 aliphatic carbocycles. The predicted molar refractivity (Wildman–Crippen MR) is 90.3 cm³/mol. The van der Waals surface area contributed by atoms with Crippen LogP contribution in [0.5, 0.6) is 11.5 Å². The number of hydrogen-bond donors (Lipinski definition) is 1. The van der Waals surface area contributed by atoms with Crippen molar-refractivity contribution < 1.29 is 29.5 Å². The van der Waals surface area contributed by atoms with E-state index >= 15 is 0 Å². The molecule has 1 heterocycles. The molecule has 0 radical (unpaired) electrons. The lowest BCUT2D eigenvalue weighted by molar-refractivity contribution is -0.690. The minimum absolute atomic E-state index is 0.0596. The van der Waals surface area contributed by atoms with Gasteiger partial charge >= 0.3 is 5.97 Å². The normalized spacial score (nSPS) is 19.4. The molecule has 7 heteroatoms. The molecule has 3 rings (SSSR count). The first-order chi connectivity index (χ1) is 12.1. The Morgan fingerprint density at radius 3 is 2.56 bits per heavy atom. The number of quaternary nitrogens is 1. The van der Waals surface area contributed by atoms with E-state index in [9.17, 15) is 14.7 Å². The highest BCUT2D eigenvalue weighted by molar-refractivity contribution is 7.99. The zero-order valence-electron chi connectivity index (χ0n) is 13.5. The summed E-state index contributed by atoms with van der Waals surface area (Å²) in [4.78, 5) is 23.2. The maximum Gasteiger partial charge on any atom is 0.343 e. The number of rotatable bonds is 5. The Bertz CT molecular complexity index is 780. The van der Waals surface area contributed by atoms with Crippen LogP contribution in [0, 0.1) is 0 Å². The van der Waals surface area contributed by atoms with Crippen LogP contribution < -0.4 is 19.9 Å². The van der Waals surface area contributed by atoms with Crippen molar-refractivity contribution in [3.63, 3.8) is 0 Å². The second-order valence-electron chi connectivity index (χ2n) is 5.54. The van der Waals surface area contributed by atoms with Crippen LogP contribution in [0.1, 0.15) is 21.3 Å². The number of aliphatic carboxylic acids is 1. The fraction of sp³-hybridized carbons (Fsp3) is 0.222. The summed E-state index contributed by atoms with van der Waals surface area (Å²) in [5, 5.41) is 12.7. The van der Waals surface area contributed by atoms with Gasteiger partial charge < -0.3 is 24.7 Å². The molecule has 1 aliphatic heterocycles. The number of nitrogens with two attached hydrogens (primary N) is 1. The Morgan fingerprint density at radius 2 is 1.92 bits per heavy atom. The number of carboxylic acid groups (broad SMARTS) is 1. The smallest absolute Gasteiger partial charge is 0.343 e. The molecule has 1 saturated heterocycles. The SMILES string of the molecule is COc1cc([C@H]2[NH2+][C@H](C(=O)[O-])CS2)ccc1OC(=O)c1ccccc1. The minimum atomic E-state index is -1.06. The summed E-state index contributed by atoms with van der Waals surface area (Å²) in [6.45, 7) is 0. The summed E-state index contributed by atoms with van der Waals surface area (Å²) >= 11 is 1.53. The van der Waals surface area contributed by atoms with Crippen molar-refractivity contribution in [1.29, 1.82) is 0 Å². The van der Waals surface area contributed by atoms with Gasteiger partial charge in [0.15, 0.2) is 16.9 Å².